The highest BCUT2D eigenvalue weighted by Crippen LogP contribution is 2.41. The first kappa shape index (κ1) is 15.7. The third-order valence-electron chi connectivity index (χ3n) is 5.18. The molecule has 6 rings (SSSR count). The van der Waals surface area contributed by atoms with E-state index in [1.54, 1.807) is 0 Å². The predicted molar refractivity (Wildman–Crippen MR) is 111 cm³/mol. The van der Waals surface area contributed by atoms with Crippen molar-refractivity contribution in [2.24, 2.45) is 0 Å². The summed E-state index contributed by atoms with van der Waals surface area (Å²) in [4.78, 5) is 8.23. The number of benzene rings is 3. The summed E-state index contributed by atoms with van der Waals surface area (Å²) < 4.78 is 12.2. The molecule has 0 saturated carbocycles. The van der Waals surface area contributed by atoms with E-state index in [-0.39, 0.29) is 11.6 Å². The zero-order chi connectivity index (χ0) is 19.5. The first-order chi connectivity index (χ1) is 14.2. The summed E-state index contributed by atoms with van der Waals surface area (Å²) in [6.45, 7) is 0. The zero-order valence-corrected chi connectivity index (χ0v) is 15.0. The number of para-hydroxylation sites is 3. The Morgan fingerprint density at radius 3 is 2.24 bits per heavy atom. The molecule has 0 unspecified atom stereocenters. The molecule has 0 fully saturated rings. The Balaban J connectivity index is 1.75. The van der Waals surface area contributed by atoms with Gasteiger partial charge in [-0.1, -0.05) is 54.6 Å². The van der Waals surface area contributed by atoms with E-state index in [0.29, 0.717) is 16.7 Å². The molecule has 0 atom stereocenters. The lowest BCUT2D eigenvalue weighted by atomic mass is 10.00. The lowest BCUT2D eigenvalue weighted by Crippen LogP contribution is -1.96. The molecule has 6 aromatic rings. The summed E-state index contributed by atoms with van der Waals surface area (Å²) in [6, 6.07) is 21.9. The number of nitrogens with two attached hydrogens (primary N) is 1. The van der Waals surface area contributed by atoms with Crippen molar-refractivity contribution in [3.63, 3.8) is 0 Å². The number of hydrogen-bond donors (Lipinski definition) is 1. The smallest absolute Gasteiger partial charge is 0.233 e. The minimum atomic E-state index is 0.00837. The van der Waals surface area contributed by atoms with Crippen molar-refractivity contribution < 1.29 is 8.83 Å². The van der Waals surface area contributed by atoms with Gasteiger partial charge in [0.15, 0.2) is 5.69 Å². The van der Waals surface area contributed by atoms with E-state index < -0.39 is 0 Å². The van der Waals surface area contributed by atoms with Crippen LogP contribution in [0.3, 0.4) is 0 Å². The van der Waals surface area contributed by atoms with E-state index in [2.05, 4.69) is 16.0 Å². The average molecular weight is 376 g/mol. The summed E-state index contributed by atoms with van der Waals surface area (Å²) in [5.74, 6) is 0.00837. The first-order valence-corrected chi connectivity index (χ1v) is 9.04. The second-order valence-electron chi connectivity index (χ2n) is 6.79. The number of furan rings is 2. The molecule has 0 aliphatic carbocycles. The monoisotopic (exact) mass is 376 g/mol. The van der Waals surface area contributed by atoms with Crippen LogP contribution in [0.1, 0.15) is 5.69 Å². The van der Waals surface area contributed by atoms with Crippen molar-refractivity contribution in [2.75, 3.05) is 5.73 Å². The summed E-state index contributed by atoms with van der Waals surface area (Å²) in [6.07, 6.45) is 0. The molecule has 6 nitrogen and oxygen atoms in total. The number of anilines is 1. The van der Waals surface area contributed by atoms with Crippen molar-refractivity contribution >= 4 is 50.0 Å². The molecule has 136 valence electrons. The highest BCUT2D eigenvalue weighted by atomic mass is 16.3. The first-order valence-electron chi connectivity index (χ1n) is 9.04. The Labute approximate surface area is 163 Å². The van der Waals surface area contributed by atoms with Crippen molar-refractivity contribution in [2.45, 2.75) is 0 Å². The maximum atomic E-state index is 9.49. The molecule has 0 bridgehead atoms. The van der Waals surface area contributed by atoms with E-state index in [4.69, 9.17) is 14.6 Å². The number of fused-ring (bicyclic) bond motifs is 6. The Morgan fingerprint density at radius 2 is 1.45 bits per heavy atom. The van der Waals surface area contributed by atoms with Crippen LogP contribution < -0.4 is 5.73 Å². The summed E-state index contributed by atoms with van der Waals surface area (Å²) in [7, 11) is 0. The van der Waals surface area contributed by atoms with Gasteiger partial charge >= 0.3 is 0 Å². The van der Waals surface area contributed by atoms with E-state index in [1.807, 2.05) is 60.7 Å². The maximum Gasteiger partial charge on any atom is 0.233 e. The fourth-order valence-electron chi connectivity index (χ4n) is 3.97. The number of aromatic nitrogens is 2. The van der Waals surface area contributed by atoms with Crippen molar-refractivity contribution in [1.82, 2.24) is 9.97 Å². The fourth-order valence-corrected chi connectivity index (χ4v) is 3.97. The van der Waals surface area contributed by atoms with Crippen LogP contribution in [0.25, 0.3) is 55.1 Å². The van der Waals surface area contributed by atoms with Gasteiger partial charge in [-0.2, -0.15) is 10.2 Å². The second kappa shape index (κ2) is 5.57. The van der Waals surface area contributed by atoms with Crippen LogP contribution in [0.4, 0.5) is 5.95 Å². The number of rotatable bonds is 1. The maximum absolute atomic E-state index is 9.49. The quantitative estimate of drug-likeness (QED) is 0.412. The third-order valence-corrected chi connectivity index (χ3v) is 5.18. The SMILES string of the molecule is N#Cc1nc(N)nc2oc3c(-c4cccc5c4oc4ccccc45)cccc3c12. The Bertz CT molecular complexity index is 1640. The lowest BCUT2D eigenvalue weighted by molar-refractivity contribution is 0.653. The number of hydrogen-bond acceptors (Lipinski definition) is 6. The van der Waals surface area contributed by atoms with Crippen LogP contribution in [-0.2, 0) is 0 Å². The van der Waals surface area contributed by atoms with E-state index in [9.17, 15) is 5.26 Å². The number of nitrogens with zero attached hydrogens (tertiary/aromatic N) is 3. The zero-order valence-electron chi connectivity index (χ0n) is 15.0. The molecule has 0 radical (unpaired) electrons. The molecule has 2 N–H and O–H groups in total. The molecule has 3 heterocycles. The van der Waals surface area contributed by atoms with Gasteiger partial charge in [-0.3, -0.25) is 0 Å². The molecule has 0 aliphatic heterocycles. The van der Waals surface area contributed by atoms with Crippen LogP contribution in [0.2, 0.25) is 0 Å². The van der Waals surface area contributed by atoms with Crippen LogP contribution in [0, 0.1) is 11.3 Å². The highest BCUT2D eigenvalue weighted by Gasteiger charge is 2.20. The third kappa shape index (κ3) is 2.10. The molecule has 3 aromatic carbocycles. The topological polar surface area (TPSA) is 102 Å². The molecule has 0 spiro atoms. The molecule has 0 saturated heterocycles. The van der Waals surface area contributed by atoms with Gasteiger partial charge in [0.2, 0.25) is 11.7 Å². The molecule has 0 aliphatic rings. The van der Waals surface area contributed by atoms with E-state index >= 15 is 0 Å². The second-order valence-corrected chi connectivity index (χ2v) is 6.79. The largest absolute Gasteiger partial charge is 0.455 e. The van der Waals surface area contributed by atoms with E-state index in [1.165, 1.54) is 0 Å². The van der Waals surface area contributed by atoms with Crippen LogP contribution in [-0.4, -0.2) is 9.97 Å². The Hall–Kier alpha value is -4.37. The summed E-state index contributed by atoms with van der Waals surface area (Å²) in [5.41, 5.74) is 10.2. The van der Waals surface area contributed by atoms with Gasteiger partial charge in [0, 0.05) is 27.3 Å². The van der Waals surface area contributed by atoms with Gasteiger partial charge in [0.1, 0.15) is 22.8 Å². The molecule has 3 aromatic heterocycles. The minimum Gasteiger partial charge on any atom is -0.455 e. The van der Waals surface area contributed by atoms with Gasteiger partial charge in [-0.05, 0) is 6.07 Å². The van der Waals surface area contributed by atoms with Crippen molar-refractivity contribution in [3.05, 3.63) is 66.4 Å². The van der Waals surface area contributed by atoms with Crippen molar-refractivity contribution in [1.29, 1.82) is 5.26 Å². The van der Waals surface area contributed by atoms with Gasteiger partial charge in [-0.15, -0.1) is 0 Å². The average Bonchev–Trinajstić information content (AvgIpc) is 3.31. The Morgan fingerprint density at radius 1 is 0.759 bits per heavy atom. The number of nitriles is 1. The molecule has 0 amide bonds. The molecule has 29 heavy (non-hydrogen) atoms. The number of nitrogen functional groups attached to an aromatic ring is 1. The van der Waals surface area contributed by atoms with E-state index in [0.717, 1.165) is 38.5 Å². The predicted octanol–water partition coefficient (Wildman–Crippen LogP) is 5.40. The van der Waals surface area contributed by atoms with Crippen LogP contribution in [0.15, 0.2) is 69.5 Å². The van der Waals surface area contributed by atoms with Crippen molar-refractivity contribution in [3.8, 4) is 17.2 Å². The van der Waals surface area contributed by atoms with Gasteiger partial charge in [0.25, 0.3) is 0 Å². The van der Waals surface area contributed by atoms with Gasteiger partial charge < -0.3 is 14.6 Å². The van der Waals surface area contributed by atoms with Gasteiger partial charge in [-0.25, -0.2) is 4.98 Å². The normalized spacial score (nSPS) is 11.6. The lowest BCUT2D eigenvalue weighted by Gasteiger charge is -2.03. The molecular formula is C23H12N4O2. The Kier molecular flexibility index (Phi) is 3.01. The molecule has 6 heteroatoms. The van der Waals surface area contributed by atoms with Crippen LogP contribution >= 0.6 is 0 Å². The summed E-state index contributed by atoms with van der Waals surface area (Å²) >= 11 is 0. The summed E-state index contributed by atoms with van der Waals surface area (Å²) in [5, 5.41) is 12.9. The standard InChI is InChI=1S/C23H12N4O2/c24-11-17-19-16-9-4-8-15(21(16)29-22(19)27-23(25)26-17)14-7-3-6-13-12-5-1-2-10-18(12)28-20(13)14/h1-10H,(H2,25,26,27). The minimum absolute atomic E-state index is 0.00837. The highest BCUT2D eigenvalue weighted by molar-refractivity contribution is 6.15. The van der Waals surface area contributed by atoms with Gasteiger partial charge in [0.05, 0.1) is 5.39 Å². The van der Waals surface area contributed by atoms with Crippen LogP contribution in [0.5, 0.6) is 0 Å². The molecular weight excluding hydrogens is 364 g/mol. The fraction of sp³-hybridized carbons (Fsp3) is 0.